The molecule has 0 spiro atoms. The minimum absolute atomic E-state index is 0.292. The van der Waals surface area contributed by atoms with E-state index in [9.17, 15) is 45.0 Å². The number of Topliss-reactive ketones (excluding diaryl/α,β-unsaturated/α-hetero) is 3. The molecule has 0 unspecified atom stereocenters. The van der Waals surface area contributed by atoms with Crippen LogP contribution in [0.15, 0.2) is 0 Å². The molecule has 0 rings (SSSR count). The monoisotopic (exact) mass is 981 g/mol. The number of carbonyl (C=O) groups excluding carboxylic acids is 3. The topological polar surface area (TPSA) is 173 Å². The largest absolute Gasteiger partial charge is 0.394 e. The van der Waals surface area contributed by atoms with Crippen LogP contribution in [0, 0.1) is 0 Å². The summed E-state index contributed by atoms with van der Waals surface area (Å²) in [5.74, 6) is -3.23. The van der Waals surface area contributed by atoms with Gasteiger partial charge >= 0.3 is 0 Å². The van der Waals surface area contributed by atoms with Gasteiger partial charge in [0.25, 0.3) is 0 Å². The third-order valence-corrected chi connectivity index (χ3v) is 15.1. The summed E-state index contributed by atoms with van der Waals surface area (Å²) >= 11 is 0. The van der Waals surface area contributed by atoms with Gasteiger partial charge in [0, 0.05) is 19.3 Å². The Morgan fingerprint density at radius 2 is 0.507 bits per heavy atom. The van der Waals surface area contributed by atoms with Gasteiger partial charge in [0.05, 0.1) is 6.61 Å². The van der Waals surface area contributed by atoms with Gasteiger partial charge in [-0.15, -0.1) is 0 Å². The molecule has 0 saturated heterocycles. The predicted octanol–water partition coefficient (Wildman–Crippen LogP) is 15.0. The molecule has 0 aliphatic rings. The first kappa shape index (κ1) is 67.8. The normalized spacial score (nSPS) is 14.2. The van der Waals surface area contributed by atoms with E-state index in [1.54, 1.807) is 0 Å². The van der Waals surface area contributed by atoms with Crippen LogP contribution in [-0.2, 0) is 14.4 Å². The molecule has 0 aromatic heterocycles. The number of aliphatic hydroxyl groups is 6. The van der Waals surface area contributed by atoms with Crippen molar-refractivity contribution in [3.63, 3.8) is 0 Å². The van der Waals surface area contributed by atoms with Crippen LogP contribution in [0.4, 0.5) is 0 Å². The second-order valence-electron chi connectivity index (χ2n) is 21.5. The van der Waals surface area contributed by atoms with Crippen LogP contribution >= 0.6 is 0 Å². The highest BCUT2D eigenvalue weighted by Crippen LogP contribution is 2.36. The second kappa shape index (κ2) is 47.8. The number of rotatable bonds is 56. The molecule has 0 aliphatic heterocycles. The van der Waals surface area contributed by atoms with E-state index >= 15 is 0 Å². The van der Waals surface area contributed by atoms with Crippen LogP contribution in [0.25, 0.3) is 0 Å². The lowest BCUT2D eigenvalue weighted by Crippen LogP contribution is -2.75. The average Bonchev–Trinajstić information content (AvgIpc) is 3.35. The fourth-order valence-electron chi connectivity index (χ4n) is 10.2. The standard InChI is InChI=1S/C60H116O9/c1-4-7-10-13-16-19-22-25-28-31-34-37-40-43-46-49-54(63)59(68,55(64)50-47-44-41-38-35-32-29-26-23-20-17-14-11-8-5-2)60(69,58(67)57(66)53(62)52-61)56(65)51-48-45-42-39-36-33-30-27-24-21-18-15-12-9-6-3/h53,57-58,61-62,66-69H,4-52H2,1-3H3/t53-,57-,58+,60-/m1/s1. The number of unbranched alkanes of at least 4 members (excludes halogenated alkanes) is 42. The van der Waals surface area contributed by atoms with Crippen molar-refractivity contribution < 1.29 is 45.0 Å². The van der Waals surface area contributed by atoms with Crippen molar-refractivity contribution >= 4 is 17.3 Å². The van der Waals surface area contributed by atoms with Crippen LogP contribution in [0.3, 0.4) is 0 Å². The quantitative estimate of drug-likeness (QED) is 0.0256. The van der Waals surface area contributed by atoms with Gasteiger partial charge in [-0.05, 0) is 19.3 Å². The predicted molar refractivity (Wildman–Crippen MR) is 289 cm³/mol. The molecule has 0 aromatic rings. The van der Waals surface area contributed by atoms with Crippen molar-refractivity contribution in [2.24, 2.45) is 0 Å². The Kier molecular flexibility index (Phi) is 46.9. The number of hydrogen-bond acceptors (Lipinski definition) is 9. The Morgan fingerprint density at radius 3 is 0.710 bits per heavy atom. The molecule has 6 N–H and O–H groups in total. The summed E-state index contributed by atoms with van der Waals surface area (Å²) in [6.07, 6.45) is 42.4. The van der Waals surface area contributed by atoms with Crippen LogP contribution in [-0.4, -0.2) is 84.1 Å². The van der Waals surface area contributed by atoms with E-state index < -0.39 is 53.5 Å². The maximum atomic E-state index is 14.2. The van der Waals surface area contributed by atoms with Crippen molar-refractivity contribution in [2.45, 2.75) is 358 Å². The number of ketones is 3. The highest BCUT2D eigenvalue weighted by atomic mass is 16.4. The van der Waals surface area contributed by atoms with Gasteiger partial charge in [-0.3, -0.25) is 14.4 Å². The zero-order valence-electron chi connectivity index (χ0n) is 45.8. The van der Waals surface area contributed by atoms with Gasteiger partial charge in [0.1, 0.15) is 18.3 Å². The third-order valence-electron chi connectivity index (χ3n) is 15.1. The molecular formula is C60H116O9. The molecule has 0 radical (unpaired) electrons. The van der Waals surface area contributed by atoms with E-state index in [4.69, 9.17) is 0 Å². The fourth-order valence-corrected chi connectivity index (χ4v) is 10.2. The Balaban J connectivity index is 5.50. The minimum Gasteiger partial charge on any atom is -0.394 e. The Hall–Kier alpha value is -1.23. The summed E-state index contributed by atoms with van der Waals surface area (Å²) in [5, 5.41) is 67.2. The van der Waals surface area contributed by atoms with Crippen LogP contribution in [0.5, 0.6) is 0 Å². The first-order chi connectivity index (χ1) is 33.5. The van der Waals surface area contributed by atoms with Gasteiger partial charge in [0.2, 0.25) is 5.60 Å². The Labute approximate surface area is 426 Å². The zero-order valence-corrected chi connectivity index (χ0v) is 45.8. The van der Waals surface area contributed by atoms with Gasteiger partial charge in [-0.25, -0.2) is 0 Å². The Bertz CT molecular complexity index is 1120. The summed E-state index contributed by atoms with van der Waals surface area (Å²) < 4.78 is 0. The van der Waals surface area contributed by atoms with Crippen LogP contribution in [0.1, 0.15) is 329 Å². The SMILES string of the molecule is CCCCCCCCCCCCCCCCCC(=O)C(O)(C(=O)CCCCCCCCCCCCCCCCC)[C@@](O)(C(=O)CCCCCCCCCCCCCCCCC)[C@@H](O)[C@H](O)[C@H](O)CO. The molecule has 0 fully saturated rings. The van der Waals surface area contributed by atoms with Gasteiger partial charge in [-0.1, -0.05) is 290 Å². The molecule has 0 aliphatic carbocycles. The average molecular weight is 982 g/mol. The van der Waals surface area contributed by atoms with E-state index in [2.05, 4.69) is 20.8 Å². The molecule has 69 heavy (non-hydrogen) atoms. The molecule has 410 valence electrons. The number of carbonyl (C=O) groups is 3. The van der Waals surface area contributed by atoms with Gasteiger partial charge in [0.15, 0.2) is 23.0 Å². The maximum absolute atomic E-state index is 14.2. The molecule has 0 aromatic carbocycles. The van der Waals surface area contributed by atoms with Crippen molar-refractivity contribution in [1.29, 1.82) is 0 Å². The van der Waals surface area contributed by atoms with Crippen molar-refractivity contribution in [3.8, 4) is 0 Å². The van der Waals surface area contributed by atoms with E-state index in [-0.39, 0.29) is 19.3 Å². The Morgan fingerprint density at radius 1 is 0.319 bits per heavy atom. The van der Waals surface area contributed by atoms with E-state index in [1.807, 2.05) is 0 Å². The third kappa shape index (κ3) is 32.5. The summed E-state index contributed by atoms with van der Waals surface area (Å²) in [7, 11) is 0. The smallest absolute Gasteiger partial charge is 0.220 e. The maximum Gasteiger partial charge on any atom is 0.220 e. The highest BCUT2D eigenvalue weighted by molar-refractivity contribution is 6.16. The van der Waals surface area contributed by atoms with Gasteiger partial charge in [-0.2, -0.15) is 0 Å². The summed E-state index contributed by atoms with van der Waals surface area (Å²) in [6, 6.07) is 0. The van der Waals surface area contributed by atoms with Crippen LogP contribution < -0.4 is 0 Å². The number of hydrogen-bond donors (Lipinski definition) is 6. The lowest BCUT2D eigenvalue weighted by atomic mass is 9.66. The molecule has 0 heterocycles. The molecule has 0 saturated carbocycles. The molecule has 9 nitrogen and oxygen atoms in total. The lowest BCUT2D eigenvalue weighted by molar-refractivity contribution is -0.224. The lowest BCUT2D eigenvalue weighted by Gasteiger charge is -2.44. The highest BCUT2D eigenvalue weighted by Gasteiger charge is 2.67. The van der Waals surface area contributed by atoms with Gasteiger partial charge < -0.3 is 30.6 Å². The van der Waals surface area contributed by atoms with E-state index in [0.29, 0.717) is 38.5 Å². The van der Waals surface area contributed by atoms with E-state index in [1.165, 1.54) is 173 Å². The zero-order chi connectivity index (χ0) is 51.1. The van der Waals surface area contributed by atoms with Crippen molar-refractivity contribution in [2.75, 3.05) is 6.61 Å². The summed E-state index contributed by atoms with van der Waals surface area (Å²) in [6.45, 7) is 5.71. The molecule has 9 heteroatoms. The first-order valence-electron chi connectivity index (χ1n) is 30.2. The molecule has 0 bridgehead atoms. The summed E-state index contributed by atoms with van der Waals surface area (Å²) in [5.41, 5.74) is -6.75. The summed E-state index contributed by atoms with van der Waals surface area (Å²) in [4.78, 5) is 42.7. The second-order valence-corrected chi connectivity index (χ2v) is 21.5. The molecule has 0 amide bonds. The minimum atomic E-state index is -3.42. The van der Waals surface area contributed by atoms with Crippen LogP contribution in [0.2, 0.25) is 0 Å². The molecular weight excluding hydrogens is 865 g/mol. The van der Waals surface area contributed by atoms with Crippen molar-refractivity contribution in [3.05, 3.63) is 0 Å². The van der Waals surface area contributed by atoms with Crippen molar-refractivity contribution in [1.82, 2.24) is 0 Å². The molecule has 4 atom stereocenters. The fraction of sp³-hybridized carbons (Fsp3) is 0.950. The number of aliphatic hydroxyl groups excluding tert-OH is 4. The van der Waals surface area contributed by atoms with E-state index in [0.717, 1.165) is 77.0 Å². The first-order valence-corrected chi connectivity index (χ1v) is 30.2.